The molecular formula is C18H18Cl2N2O2. The molecule has 24 heavy (non-hydrogen) atoms. The molecule has 4 nitrogen and oxygen atoms in total. The van der Waals surface area contributed by atoms with E-state index in [-0.39, 0.29) is 25.3 Å². The van der Waals surface area contributed by atoms with E-state index in [0.29, 0.717) is 22.2 Å². The van der Waals surface area contributed by atoms with Gasteiger partial charge in [-0.25, -0.2) is 0 Å². The van der Waals surface area contributed by atoms with Crippen molar-refractivity contribution in [3.8, 4) is 0 Å². The number of primary amides is 1. The molecule has 2 rings (SSSR count). The quantitative estimate of drug-likeness (QED) is 0.817. The Bertz CT molecular complexity index is 720. The number of amides is 2. The van der Waals surface area contributed by atoms with Gasteiger partial charge < -0.3 is 10.6 Å². The normalized spacial score (nSPS) is 10.4. The molecule has 2 amide bonds. The summed E-state index contributed by atoms with van der Waals surface area (Å²) in [7, 11) is 0. The summed E-state index contributed by atoms with van der Waals surface area (Å²) < 4.78 is 0. The largest absolute Gasteiger partial charge is 0.370 e. The topological polar surface area (TPSA) is 63.4 Å². The number of hydrogen-bond donors (Lipinski definition) is 1. The first kappa shape index (κ1) is 18.3. The molecule has 0 fully saturated rings. The summed E-state index contributed by atoms with van der Waals surface area (Å²) in [5, 5.41) is 0.969. The third-order valence-corrected chi connectivity index (χ3v) is 4.14. The Labute approximate surface area is 151 Å². The van der Waals surface area contributed by atoms with Gasteiger partial charge in [-0.15, -0.1) is 0 Å². The van der Waals surface area contributed by atoms with Crippen molar-refractivity contribution in [3.63, 3.8) is 0 Å². The second kappa shape index (κ2) is 8.71. The highest BCUT2D eigenvalue weighted by atomic mass is 35.5. The van der Waals surface area contributed by atoms with E-state index in [0.717, 1.165) is 5.56 Å². The zero-order chi connectivity index (χ0) is 17.5. The second-order valence-electron chi connectivity index (χ2n) is 5.43. The lowest BCUT2D eigenvalue weighted by atomic mass is 10.1. The molecule has 0 atom stereocenters. The first-order valence-electron chi connectivity index (χ1n) is 7.49. The molecule has 0 unspecified atom stereocenters. The highest BCUT2D eigenvalue weighted by molar-refractivity contribution is 6.35. The first-order chi connectivity index (χ1) is 11.5. The Morgan fingerprint density at radius 2 is 1.75 bits per heavy atom. The third-order valence-electron chi connectivity index (χ3n) is 3.55. The molecule has 126 valence electrons. The molecule has 0 saturated heterocycles. The van der Waals surface area contributed by atoms with E-state index in [1.54, 1.807) is 23.1 Å². The van der Waals surface area contributed by atoms with Crippen LogP contribution in [0.5, 0.6) is 0 Å². The van der Waals surface area contributed by atoms with Crippen LogP contribution in [-0.4, -0.2) is 23.3 Å². The Morgan fingerprint density at radius 1 is 1.04 bits per heavy atom. The molecule has 0 saturated carbocycles. The fourth-order valence-corrected chi connectivity index (χ4v) is 2.76. The molecule has 0 bridgehead atoms. The van der Waals surface area contributed by atoms with Crippen molar-refractivity contribution in [1.29, 1.82) is 0 Å². The van der Waals surface area contributed by atoms with Crippen molar-refractivity contribution >= 4 is 35.0 Å². The van der Waals surface area contributed by atoms with Crippen LogP contribution in [0.3, 0.4) is 0 Å². The van der Waals surface area contributed by atoms with Gasteiger partial charge in [0.1, 0.15) is 0 Å². The lowest BCUT2D eigenvalue weighted by Gasteiger charge is -2.23. The SMILES string of the molecule is NC(=O)CCN(Cc1ccccc1)C(=O)Cc1ccc(Cl)cc1Cl. The molecule has 6 heteroatoms. The second-order valence-corrected chi connectivity index (χ2v) is 6.27. The lowest BCUT2D eigenvalue weighted by Crippen LogP contribution is -2.34. The molecule has 0 heterocycles. The number of carbonyl (C=O) groups excluding carboxylic acids is 2. The van der Waals surface area contributed by atoms with Crippen LogP contribution in [0.2, 0.25) is 10.0 Å². The van der Waals surface area contributed by atoms with Crippen LogP contribution in [0, 0.1) is 0 Å². The fraction of sp³-hybridized carbons (Fsp3) is 0.222. The molecule has 2 aromatic rings. The van der Waals surface area contributed by atoms with Crippen molar-refractivity contribution in [2.45, 2.75) is 19.4 Å². The fourth-order valence-electron chi connectivity index (χ4n) is 2.28. The molecule has 0 spiro atoms. The van der Waals surface area contributed by atoms with E-state index in [1.165, 1.54) is 0 Å². The van der Waals surface area contributed by atoms with Gasteiger partial charge in [0, 0.05) is 29.6 Å². The molecule has 0 aliphatic heterocycles. The maximum absolute atomic E-state index is 12.6. The van der Waals surface area contributed by atoms with E-state index < -0.39 is 5.91 Å². The summed E-state index contributed by atoms with van der Waals surface area (Å²) in [6.07, 6.45) is 0.258. The zero-order valence-corrected chi connectivity index (χ0v) is 14.6. The maximum atomic E-state index is 12.6. The van der Waals surface area contributed by atoms with Crippen LogP contribution in [0.25, 0.3) is 0 Å². The summed E-state index contributed by atoms with van der Waals surface area (Å²) in [4.78, 5) is 25.3. The van der Waals surface area contributed by atoms with Crippen LogP contribution in [0.15, 0.2) is 48.5 Å². The summed E-state index contributed by atoms with van der Waals surface area (Å²) in [5.74, 6) is -0.560. The Balaban J connectivity index is 2.12. The predicted octanol–water partition coefficient (Wildman–Crippen LogP) is 3.44. The summed E-state index contributed by atoms with van der Waals surface area (Å²) in [5.41, 5.74) is 6.90. The number of nitrogens with zero attached hydrogens (tertiary/aromatic N) is 1. The molecule has 0 radical (unpaired) electrons. The average molecular weight is 365 g/mol. The monoisotopic (exact) mass is 364 g/mol. The van der Waals surface area contributed by atoms with E-state index in [4.69, 9.17) is 28.9 Å². The van der Waals surface area contributed by atoms with Gasteiger partial charge in [0.2, 0.25) is 11.8 Å². The zero-order valence-electron chi connectivity index (χ0n) is 13.0. The average Bonchev–Trinajstić information content (AvgIpc) is 2.54. The van der Waals surface area contributed by atoms with E-state index in [2.05, 4.69) is 0 Å². The van der Waals surface area contributed by atoms with Crippen molar-refractivity contribution < 1.29 is 9.59 Å². The minimum atomic E-state index is -0.439. The Hall–Kier alpha value is -2.04. The minimum absolute atomic E-state index is 0.118. The smallest absolute Gasteiger partial charge is 0.227 e. The van der Waals surface area contributed by atoms with E-state index in [9.17, 15) is 9.59 Å². The van der Waals surface area contributed by atoms with Gasteiger partial charge in [-0.3, -0.25) is 9.59 Å². The summed E-state index contributed by atoms with van der Waals surface area (Å²) in [6.45, 7) is 0.687. The molecule has 0 aromatic heterocycles. The van der Waals surface area contributed by atoms with Gasteiger partial charge in [-0.05, 0) is 23.3 Å². The Morgan fingerprint density at radius 3 is 2.38 bits per heavy atom. The van der Waals surface area contributed by atoms with E-state index >= 15 is 0 Å². The molecule has 0 aliphatic carbocycles. The van der Waals surface area contributed by atoms with Gasteiger partial charge >= 0.3 is 0 Å². The first-order valence-corrected chi connectivity index (χ1v) is 8.25. The van der Waals surface area contributed by atoms with Gasteiger partial charge in [0.25, 0.3) is 0 Å². The highest BCUT2D eigenvalue weighted by Crippen LogP contribution is 2.22. The number of hydrogen-bond acceptors (Lipinski definition) is 2. The van der Waals surface area contributed by atoms with Crippen molar-refractivity contribution in [2.24, 2.45) is 5.73 Å². The van der Waals surface area contributed by atoms with Crippen molar-refractivity contribution in [3.05, 3.63) is 69.7 Å². The number of benzene rings is 2. The van der Waals surface area contributed by atoms with E-state index in [1.807, 2.05) is 30.3 Å². The maximum Gasteiger partial charge on any atom is 0.227 e. The van der Waals surface area contributed by atoms with Crippen LogP contribution in [0.4, 0.5) is 0 Å². The van der Waals surface area contributed by atoms with Crippen molar-refractivity contribution in [2.75, 3.05) is 6.54 Å². The van der Waals surface area contributed by atoms with Crippen molar-refractivity contribution in [1.82, 2.24) is 4.90 Å². The van der Waals surface area contributed by atoms with Gasteiger partial charge in [0.15, 0.2) is 0 Å². The summed E-state index contributed by atoms with van der Waals surface area (Å²) >= 11 is 12.0. The van der Waals surface area contributed by atoms with Crippen LogP contribution < -0.4 is 5.73 Å². The van der Waals surface area contributed by atoms with Gasteiger partial charge in [0.05, 0.1) is 6.42 Å². The summed E-state index contributed by atoms with van der Waals surface area (Å²) in [6, 6.07) is 14.6. The predicted molar refractivity (Wildman–Crippen MR) is 95.8 cm³/mol. The molecule has 0 aliphatic rings. The van der Waals surface area contributed by atoms with Crippen LogP contribution >= 0.6 is 23.2 Å². The lowest BCUT2D eigenvalue weighted by molar-refractivity contribution is -0.131. The number of nitrogens with two attached hydrogens (primary N) is 1. The number of carbonyl (C=O) groups is 2. The highest BCUT2D eigenvalue weighted by Gasteiger charge is 2.17. The third kappa shape index (κ3) is 5.55. The van der Waals surface area contributed by atoms with Gasteiger partial charge in [-0.1, -0.05) is 59.6 Å². The Kier molecular flexibility index (Phi) is 6.64. The minimum Gasteiger partial charge on any atom is -0.370 e. The number of halogens is 2. The molecule has 2 aromatic carbocycles. The molecular weight excluding hydrogens is 347 g/mol. The van der Waals surface area contributed by atoms with Crippen LogP contribution in [-0.2, 0) is 22.6 Å². The van der Waals surface area contributed by atoms with Gasteiger partial charge in [-0.2, -0.15) is 0 Å². The standard InChI is InChI=1S/C18H18Cl2N2O2/c19-15-7-6-14(16(20)11-15)10-18(24)22(9-8-17(21)23)12-13-4-2-1-3-5-13/h1-7,11H,8-10,12H2,(H2,21,23). The number of rotatable bonds is 7. The van der Waals surface area contributed by atoms with Crippen LogP contribution in [0.1, 0.15) is 17.5 Å². The molecule has 2 N–H and O–H groups in total.